The molecule has 160 valence electrons. The van der Waals surface area contributed by atoms with Crippen molar-refractivity contribution < 1.29 is 27.6 Å². The molecule has 2 fully saturated rings. The molecule has 1 aromatic rings. The van der Waals surface area contributed by atoms with Crippen molar-refractivity contribution in [1.82, 2.24) is 9.21 Å². The molecule has 0 aromatic heterocycles. The summed E-state index contributed by atoms with van der Waals surface area (Å²) in [7, 11) is -3.63. The summed E-state index contributed by atoms with van der Waals surface area (Å²) in [6, 6.07) is 5.69. The van der Waals surface area contributed by atoms with E-state index in [1.54, 1.807) is 6.92 Å². The molecule has 29 heavy (non-hydrogen) atoms. The molecule has 1 aromatic carbocycles. The molecule has 0 spiro atoms. The Bertz CT molecular complexity index is 826. The first kappa shape index (κ1) is 21.7. The van der Waals surface area contributed by atoms with Gasteiger partial charge in [0, 0.05) is 13.1 Å². The van der Waals surface area contributed by atoms with Gasteiger partial charge < -0.3 is 14.5 Å². The zero-order valence-electron chi connectivity index (χ0n) is 17.1. The Balaban J connectivity index is 1.60. The topological polar surface area (TPSA) is 88.4 Å². The van der Waals surface area contributed by atoms with Crippen molar-refractivity contribution in [3.63, 3.8) is 0 Å². The molecule has 8 nitrogen and oxygen atoms in total. The highest BCUT2D eigenvalue weighted by molar-refractivity contribution is 7.89. The van der Waals surface area contributed by atoms with Crippen LogP contribution in [0.3, 0.4) is 0 Å². The molecule has 2 aliphatic heterocycles. The van der Waals surface area contributed by atoms with Crippen LogP contribution in [-0.2, 0) is 19.6 Å². The van der Waals surface area contributed by atoms with Crippen molar-refractivity contribution in [2.24, 2.45) is 0 Å². The Morgan fingerprint density at radius 2 is 1.66 bits per heavy atom. The quantitative estimate of drug-likeness (QED) is 0.637. The van der Waals surface area contributed by atoms with Gasteiger partial charge in [0.2, 0.25) is 10.0 Å². The number of hydrogen-bond donors (Lipinski definition) is 1. The first-order valence-corrected chi connectivity index (χ1v) is 11.7. The average molecular weight is 425 g/mol. The van der Waals surface area contributed by atoms with Gasteiger partial charge in [-0.1, -0.05) is 0 Å². The predicted octanol–water partition coefficient (Wildman–Crippen LogP) is -0.237. The molecule has 1 amide bonds. The van der Waals surface area contributed by atoms with Crippen LogP contribution in [0.1, 0.15) is 37.0 Å². The fourth-order valence-corrected chi connectivity index (χ4v) is 5.40. The lowest BCUT2D eigenvalue weighted by atomic mass is 10.2. The summed E-state index contributed by atoms with van der Waals surface area (Å²) < 4.78 is 32.3. The Morgan fingerprint density at radius 3 is 2.21 bits per heavy atom. The fraction of sp³-hybridized carbons (Fsp3) is 0.600. The summed E-state index contributed by atoms with van der Waals surface area (Å²) in [5, 5.41) is 0. The smallest absolute Gasteiger partial charge is 0.338 e. The van der Waals surface area contributed by atoms with Crippen LogP contribution in [0.2, 0.25) is 0 Å². The standard InChI is InChI=1S/C20H29N3O5S/c1-3-28-20(25)17-6-8-18(9-7-17)29(26,27)23-14-12-21(13-15-23)16(2)19(24)22-10-4-5-11-22/h6-9,16H,3-5,10-15H2,1-2H3/p+1/t16-/m1/s1. The Kier molecular flexibility index (Phi) is 6.92. The number of quaternary nitrogens is 1. The number of ether oxygens (including phenoxy) is 1. The van der Waals surface area contributed by atoms with Crippen molar-refractivity contribution in [2.45, 2.75) is 37.6 Å². The number of carbonyl (C=O) groups is 2. The largest absolute Gasteiger partial charge is 0.462 e. The first-order valence-electron chi connectivity index (χ1n) is 10.2. The number of hydrogen-bond acceptors (Lipinski definition) is 5. The van der Waals surface area contributed by atoms with E-state index in [4.69, 9.17) is 4.74 Å². The molecular weight excluding hydrogens is 394 g/mol. The van der Waals surface area contributed by atoms with Crippen LogP contribution in [0.15, 0.2) is 29.2 Å². The van der Waals surface area contributed by atoms with Gasteiger partial charge in [0.1, 0.15) is 0 Å². The number of carbonyl (C=O) groups excluding carboxylic acids is 2. The zero-order valence-corrected chi connectivity index (χ0v) is 17.9. The number of benzene rings is 1. The summed E-state index contributed by atoms with van der Waals surface area (Å²) in [6.45, 7) is 7.53. The molecule has 1 N–H and O–H groups in total. The Hall–Kier alpha value is -1.97. The van der Waals surface area contributed by atoms with E-state index in [1.807, 2.05) is 11.8 Å². The van der Waals surface area contributed by atoms with Crippen molar-refractivity contribution in [2.75, 3.05) is 45.9 Å². The number of amides is 1. The van der Waals surface area contributed by atoms with Crippen LogP contribution in [-0.4, -0.2) is 81.4 Å². The lowest BCUT2D eigenvalue weighted by Crippen LogP contribution is -3.19. The van der Waals surface area contributed by atoms with Gasteiger partial charge in [-0.2, -0.15) is 4.31 Å². The molecule has 1 atom stereocenters. The maximum Gasteiger partial charge on any atom is 0.338 e. The lowest BCUT2D eigenvalue weighted by molar-refractivity contribution is -0.918. The lowest BCUT2D eigenvalue weighted by Gasteiger charge is -2.35. The second-order valence-electron chi connectivity index (χ2n) is 7.56. The molecule has 9 heteroatoms. The van der Waals surface area contributed by atoms with Crippen LogP contribution < -0.4 is 4.90 Å². The van der Waals surface area contributed by atoms with Crippen LogP contribution in [0.4, 0.5) is 0 Å². The molecule has 3 rings (SSSR count). The minimum Gasteiger partial charge on any atom is -0.462 e. The highest BCUT2D eigenvalue weighted by atomic mass is 32.2. The van der Waals surface area contributed by atoms with Gasteiger partial charge in [-0.05, 0) is 51.0 Å². The van der Waals surface area contributed by atoms with Gasteiger partial charge in [0.15, 0.2) is 6.04 Å². The summed E-state index contributed by atoms with van der Waals surface area (Å²) >= 11 is 0. The third-order valence-corrected chi connectivity index (χ3v) is 7.68. The zero-order chi connectivity index (χ0) is 21.0. The summed E-state index contributed by atoms with van der Waals surface area (Å²) in [5.41, 5.74) is 0.328. The summed E-state index contributed by atoms with van der Waals surface area (Å²) in [4.78, 5) is 27.6. The molecule has 0 saturated carbocycles. The molecule has 2 aliphatic rings. The van der Waals surface area contributed by atoms with Crippen LogP contribution in [0.5, 0.6) is 0 Å². The highest BCUT2D eigenvalue weighted by Gasteiger charge is 2.36. The average Bonchev–Trinajstić information content (AvgIpc) is 3.28. The number of rotatable bonds is 6. The minimum atomic E-state index is -3.63. The van der Waals surface area contributed by atoms with Gasteiger partial charge >= 0.3 is 5.97 Å². The van der Waals surface area contributed by atoms with Crippen molar-refractivity contribution in [3.05, 3.63) is 29.8 Å². The van der Waals surface area contributed by atoms with Gasteiger partial charge in [-0.15, -0.1) is 0 Å². The molecule has 0 bridgehead atoms. The maximum atomic E-state index is 12.9. The number of nitrogens with one attached hydrogen (secondary N) is 1. The summed E-state index contributed by atoms with van der Waals surface area (Å²) in [5.74, 6) is -0.298. The van der Waals surface area contributed by atoms with E-state index in [0.717, 1.165) is 30.8 Å². The Morgan fingerprint density at radius 1 is 1.07 bits per heavy atom. The number of piperazine rings is 1. The van der Waals surface area contributed by atoms with Crippen molar-refractivity contribution >= 4 is 21.9 Å². The van der Waals surface area contributed by atoms with Crippen LogP contribution >= 0.6 is 0 Å². The molecule has 2 saturated heterocycles. The fourth-order valence-electron chi connectivity index (χ4n) is 3.96. The van der Waals surface area contributed by atoms with Crippen molar-refractivity contribution in [1.29, 1.82) is 0 Å². The number of esters is 1. The number of sulfonamides is 1. The monoisotopic (exact) mass is 424 g/mol. The Labute approximate surface area is 172 Å². The number of nitrogens with zero attached hydrogens (tertiary/aromatic N) is 2. The van der Waals surface area contributed by atoms with Crippen LogP contribution in [0.25, 0.3) is 0 Å². The number of likely N-dealkylation sites (tertiary alicyclic amines) is 1. The maximum absolute atomic E-state index is 12.9. The molecule has 0 aliphatic carbocycles. The van der Waals surface area contributed by atoms with E-state index in [0.29, 0.717) is 31.7 Å². The molecule has 0 unspecified atom stereocenters. The van der Waals surface area contributed by atoms with Gasteiger partial charge in [-0.3, -0.25) is 4.79 Å². The second kappa shape index (κ2) is 9.23. The van der Waals surface area contributed by atoms with E-state index in [1.165, 1.54) is 28.6 Å². The molecule has 0 radical (unpaired) electrons. The second-order valence-corrected chi connectivity index (χ2v) is 9.50. The van der Waals surface area contributed by atoms with E-state index in [2.05, 4.69) is 0 Å². The van der Waals surface area contributed by atoms with Crippen molar-refractivity contribution in [3.8, 4) is 0 Å². The van der Waals surface area contributed by atoms with Gasteiger partial charge in [0.25, 0.3) is 5.91 Å². The molecular formula is C20H30N3O5S+. The van der Waals surface area contributed by atoms with E-state index < -0.39 is 16.0 Å². The predicted molar refractivity (Wildman–Crippen MR) is 107 cm³/mol. The minimum absolute atomic E-state index is 0.151. The molecule has 2 heterocycles. The summed E-state index contributed by atoms with van der Waals surface area (Å²) in [6.07, 6.45) is 2.13. The third-order valence-electron chi connectivity index (χ3n) is 5.77. The van der Waals surface area contributed by atoms with E-state index in [-0.39, 0.29) is 23.5 Å². The normalized spacial score (nSPS) is 19.9. The van der Waals surface area contributed by atoms with Crippen LogP contribution in [0, 0.1) is 0 Å². The van der Waals surface area contributed by atoms with E-state index >= 15 is 0 Å². The highest BCUT2D eigenvalue weighted by Crippen LogP contribution is 2.17. The SMILES string of the molecule is CCOC(=O)c1ccc(S(=O)(=O)N2CC[NH+]([C@H](C)C(=O)N3CCCC3)CC2)cc1. The van der Waals surface area contributed by atoms with E-state index in [9.17, 15) is 18.0 Å². The van der Waals surface area contributed by atoms with Gasteiger partial charge in [-0.25, -0.2) is 13.2 Å². The van der Waals surface area contributed by atoms with Gasteiger partial charge in [0.05, 0.1) is 43.2 Å². The third kappa shape index (κ3) is 4.79. The first-order chi connectivity index (χ1) is 13.8.